The minimum atomic E-state index is -0.236. The average Bonchev–Trinajstić information content (AvgIpc) is 2.76. The van der Waals surface area contributed by atoms with E-state index in [-0.39, 0.29) is 17.1 Å². The van der Waals surface area contributed by atoms with E-state index in [4.69, 9.17) is 0 Å². The summed E-state index contributed by atoms with van der Waals surface area (Å²) < 4.78 is 0. The summed E-state index contributed by atoms with van der Waals surface area (Å²) in [7, 11) is 0. The Morgan fingerprint density at radius 2 is 1.59 bits per heavy atom. The molecule has 0 aliphatic heterocycles. The third-order valence-electron chi connectivity index (χ3n) is 4.76. The Kier molecular flexibility index (Phi) is 8.28. The SMILES string of the molecule is CCC(Sc1cccc(NC(=O)/C=C/c2ccccc2)c1)C(=O)Nc1cc(C)cc(C)c1. The molecule has 0 heterocycles. The molecule has 3 aromatic rings. The summed E-state index contributed by atoms with van der Waals surface area (Å²) in [6.45, 7) is 6.03. The molecule has 0 fully saturated rings. The largest absolute Gasteiger partial charge is 0.325 e. The maximum Gasteiger partial charge on any atom is 0.248 e. The maximum atomic E-state index is 12.8. The molecule has 0 saturated carbocycles. The van der Waals surface area contributed by atoms with Gasteiger partial charge in [-0.2, -0.15) is 0 Å². The number of aryl methyl sites for hydroxylation is 2. The molecule has 3 aromatic carbocycles. The zero-order valence-electron chi connectivity index (χ0n) is 18.6. The van der Waals surface area contributed by atoms with Crippen molar-refractivity contribution in [3.05, 3.63) is 95.6 Å². The third-order valence-corrected chi connectivity index (χ3v) is 6.12. The number of carbonyl (C=O) groups is 2. The highest BCUT2D eigenvalue weighted by Crippen LogP contribution is 2.29. The van der Waals surface area contributed by atoms with Gasteiger partial charge >= 0.3 is 0 Å². The molecule has 164 valence electrons. The maximum absolute atomic E-state index is 12.8. The fraction of sp³-hybridized carbons (Fsp3) is 0.185. The molecule has 0 spiro atoms. The van der Waals surface area contributed by atoms with E-state index < -0.39 is 0 Å². The fourth-order valence-corrected chi connectivity index (χ4v) is 4.34. The van der Waals surface area contributed by atoms with Crippen molar-refractivity contribution in [1.82, 2.24) is 0 Å². The van der Waals surface area contributed by atoms with Gasteiger partial charge in [0.15, 0.2) is 0 Å². The number of hydrogen-bond acceptors (Lipinski definition) is 3. The highest BCUT2D eigenvalue weighted by atomic mass is 32.2. The number of amides is 2. The van der Waals surface area contributed by atoms with Crippen LogP contribution in [0.15, 0.2) is 83.8 Å². The Bertz CT molecular complexity index is 1090. The van der Waals surface area contributed by atoms with E-state index in [0.29, 0.717) is 12.1 Å². The van der Waals surface area contributed by atoms with Crippen LogP contribution >= 0.6 is 11.8 Å². The van der Waals surface area contributed by atoms with Gasteiger partial charge in [-0.25, -0.2) is 0 Å². The van der Waals surface area contributed by atoms with E-state index in [0.717, 1.165) is 27.3 Å². The lowest BCUT2D eigenvalue weighted by Crippen LogP contribution is -2.24. The van der Waals surface area contributed by atoms with Crippen LogP contribution in [0.1, 0.15) is 30.0 Å². The molecular weight excluding hydrogens is 416 g/mol. The van der Waals surface area contributed by atoms with Gasteiger partial charge in [-0.15, -0.1) is 11.8 Å². The molecule has 0 bridgehead atoms. The molecule has 0 radical (unpaired) electrons. The first-order valence-corrected chi connectivity index (χ1v) is 11.5. The molecule has 0 saturated heterocycles. The highest BCUT2D eigenvalue weighted by Gasteiger charge is 2.18. The van der Waals surface area contributed by atoms with Crippen molar-refractivity contribution in [3.63, 3.8) is 0 Å². The number of anilines is 2. The van der Waals surface area contributed by atoms with Crippen LogP contribution in [-0.2, 0) is 9.59 Å². The van der Waals surface area contributed by atoms with E-state index in [1.807, 2.05) is 87.5 Å². The average molecular weight is 445 g/mol. The Morgan fingerprint density at radius 1 is 0.875 bits per heavy atom. The van der Waals surface area contributed by atoms with E-state index in [1.165, 1.54) is 17.8 Å². The summed E-state index contributed by atoms with van der Waals surface area (Å²) in [4.78, 5) is 26.0. The Morgan fingerprint density at radius 3 is 2.28 bits per heavy atom. The second-order valence-corrected chi connectivity index (χ2v) is 8.92. The molecule has 32 heavy (non-hydrogen) atoms. The van der Waals surface area contributed by atoms with Crippen molar-refractivity contribution in [2.24, 2.45) is 0 Å². The van der Waals surface area contributed by atoms with Crippen molar-refractivity contribution in [2.45, 2.75) is 37.3 Å². The predicted molar refractivity (Wildman–Crippen MR) is 135 cm³/mol. The minimum Gasteiger partial charge on any atom is -0.325 e. The highest BCUT2D eigenvalue weighted by molar-refractivity contribution is 8.00. The van der Waals surface area contributed by atoms with Crippen LogP contribution in [0.5, 0.6) is 0 Å². The van der Waals surface area contributed by atoms with Crippen molar-refractivity contribution < 1.29 is 9.59 Å². The summed E-state index contributed by atoms with van der Waals surface area (Å²) in [5, 5.41) is 5.68. The molecule has 5 heteroatoms. The summed E-state index contributed by atoms with van der Waals surface area (Å²) in [5.41, 5.74) is 4.71. The molecule has 0 aromatic heterocycles. The lowest BCUT2D eigenvalue weighted by Gasteiger charge is -2.16. The van der Waals surface area contributed by atoms with Gasteiger partial charge in [0, 0.05) is 22.3 Å². The van der Waals surface area contributed by atoms with Crippen LogP contribution in [0, 0.1) is 13.8 Å². The zero-order valence-corrected chi connectivity index (χ0v) is 19.4. The summed E-state index contributed by atoms with van der Waals surface area (Å²) in [5.74, 6) is -0.224. The third kappa shape index (κ3) is 7.13. The van der Waals surface area contributed by atoms with Crippen LogP contribution in [0.3, 0.4) is 0 Å². The summed E-state index contributed by atoms with van der Waals surface area (Å²) >= 11 is 1.49. The van der Waals surface area contributed by atoms with Gasteiger partial charge in [0.25, 0.3) is 0 Å². The van der Waals surface area contributed by atoms with Crippen LogP contribution < -0.4 is 10.6 Å². The van der Waals surface area contributed by atoms with Crippen LogP contribution in [-0.4, -0.2) is 17.1 Å². The molecule has 2 N–H and O–H groups in total. The molecular formula is C27H28N2O2S. The number of thioether (sulfide) groups is 1. The van der Waals surface area contributed by atoms with E-state index >= 15 is 0 Å². The summed E-state index contributed by atoms with van der Waals surface area (Å²) in [6.07, 6.45) is 3.98. The van der Waals surface area contributed by atoms with E-state index in [1.54, 1.807) is 6.08 Å². The van der Waals surface area contributed by atoms with Gasteiger partial charge in [0.05, 0.1) is 5.25 Å². The van der Waals surface area contributed by atoms with Crippen LogP contribution in [0.25, 0.3) is 6.08 Å². The molecule has 4 nitrogen and oxygen atoms in total. The first-order valence-electron chi connectivity index (χ1n) is 10.6. The van der Waals surface area contributed by atoms with Gasteiger partial charge in [-0.05, 0) is 73.4 Å². The van der Waals surface area contributed by atoms with Gasteiger partial charge in [0.2, 0.25) is 11.8 Å². The number of nitrogens with one attached hydrogen (secondary N) is 2. The quantitative estimate of drug-likeness (QED) is 0.309. The number of benzene rings is 3. The van der Waals surface area contributed by atoms with E-state index in [9.17, 15) is 9.59 Å². The Hall–Kier alpha value is -3.31. The second-order valence-electron chi connectivity index (χ2n) is 7.64. The zero-order chi connectivity index (χ0) is 22.9. The van der Waals surface area contributed by atoms with Crippen molar-refractivity contribution in [1.29, 1.82) is 0 Å². The minimum absolute atomic E-state index is 0.0252. The van der Waals surface area contributed by atoms with Crippen LogP contribution in [0.2, 0.25) is 0 Å². The molecule has 1 atom stereocenters. The van der Waals surface area contributed by atoms with Crippen molar-refractivity contribution in [2.75, 3.05) is 10.6 Å². The molecule has 0 aliphatic rings. The monoisotopic (exact) mass is 444 g/mol. The first kappa shape index (κ1) is 23.4. The summed E-state index contributed by atoms with van der Waals surface area (Å²) in [6, 6.07) is 23.3. The number of rotatable bonds is 8. The normalized spacial score (nSPS) is 11.8. The number of hydrogen-bond donors (Lipinski definition) is 2. The van der Waals surface area contributed by atoms with Crippen molar-refractivity contribution in [3.8, 4) is 0 Å². The van der Waals surface area contributed by atoms with Gasteiger partial charge in [0.1, 0.15) is 0 Å². The fourth-order valence-electron chi connectivity index (χ4n) is 3.32. The standard InChI is InChI=1S/C27H28N2O2S/c1-4-25(27(31)29-23-16-19(2)15-20(3)17-23)32-24-12-8-11-22(18-24)28-26(30)14-13-21-9-6-5-7-10-21/h5-18,25H,4H2,1-3H3,(H,28,30)(H,29,31)/b14-13+. The molecule has 0 aliphatic carbocycles. The lowest BCUT2D eigenvalue weighted by molar-refractivity contribution is -0.115. The van der Waals surface area contributed by atoms with Crippen LogP contribution in [0.4, 0.5) is 11.4 Å². The molecule has 3 rings (SSSR count). The predicted octanol–water partition coefficient (Wildman–Crippen LogP) is 6.46. The molecule has 2 amide bonds. The Balaban J connectivity index is 1.62. The topological polar surface area (TPSA) is 58.2 Å². The smallest absolute Gasteiger partial charge is 0.248 e. The first-order chi connectivity index (χ1) is 15.4. The van der Waals surface area contributed by atoms with Gasteiger partial charge in [-0.1, -0.05) is 49.4 Å². The van der Waals surface area contributed by atoms with Gasteiger partial charge in [-0.3, -0.25) is 9.59 Å². The van der Waals surface area contributed by atoms with E-state index in [2.05, 4.69) is 16.7 Å². The second kappa shape index (κ2) is 11.3. The van der Waals surface area contributed by atoms with Crippen molar-refractivity contribution >= 4 is 41.0 Å². The number of carbonyl (C=O) groups excluding carboxylic acids is 2. The molecule has 1 unspecified atom stereocenters. The Labute approximate surface area is 194 Å². The van der Waals surface area contributed by atoms with Gasteiger partial charge < -0.3 is 10.6 Å². The lowest BCUT2D eigenvalue weighted by atomic mass is 10.1.